The van der Waals surface area contributed by atoms with Crippen LogP contribution in [-0.4, -0.2) is 27.0 Å². The van der Waals surface area contributed by atoms with Crippen molar-refractivity contribution in [1.29, 1.82) is 0 Å². The van der Waals surface area contributed by atoms with E-state index in [0.29, 0.717) is 12.3 Å². The number of sulfone groups is 1. The van der Waals surface area contributed by atoms with E-state index in [9.17, 15) is 8.42 Å². The van der Waals surface area contributed by atoms with Crippen molar-refractivity contribution in [3.63, 3.8) is 0 Å². The minimum Gasteiger partial charge on any atom is -0.330 e. The molecule has 0 fully saturated rings. The van der Waals surface area contributed by atoms with Crippen molar-refractivity contribution in [1.82, 2.24) is 0 Å². The first kappa shape index (κ1) is 10.9. The Hall–Kier alpha value is -0.0900. The monoisotopic (exact) mass is 179 g/mol. The quantitative estimate of drug-likeness (QED) is 0.606. The molecule has 0 aromatic heterocycles. The molecular weight excluding hydrogens is 162 g/mol. The van der Waals surface area contributed by atoms with E-state index in [1.807, 2.05) is 0 Å². The highest BCUT2D eigenvalue weighted by Gasteiger charge is 1.99. The van der Waals surface area contributed by atoms with Gasteiger partial charge in [0.2, 0.25) is 0 Å². The summed E-state index contributed by atoms with van der Waals surface area (Å²) >= 11 is 0. The van der Waals surface area contributed by atoms with E-state index in [1.54, 1.807) is 0 Å². The molecule has 0 heterocycles. The predicted octanol–water partition coefficient (Wildman–Crippen LogP) is 0.550. The third-order valence-corrected chi connectivity index (χ3v) is 2.50. The lowest BCUT2D eigenvalue weighted by Crippen LogP contribution is -2.03. The van der Waals surface area contributed by atoms with Crippen LogP contribution in [0.15, 0.2) is 0 Å². The average Bonchev–Trinajstić information content (AvgIpc) is 1.85. The summed E-state index contributed by atoms with van der Waals surface area (Å²) in [7, 11) is -2.74. The first-order valence-electron chi connectivity index (χ1n) is 3.94. The third-order valence-electron chi connectivity index (χ3n) is 1.47. The van der Waals surface area contributed by atoms with Gasteiger partial charge in [-0.1, -0.05) is 12.8 Å². The average molecular weight is 179 g/mol. The van der Waals surface area contributed by atoms with E-state index in [1.165, 1.54) is 6.26 Å². The van der Waals surface area contributed by atoms with Gasteiger partial charge in [0.05, 0.1) is 0 Å². The van der Waals surface area contributed by atoms with E-state index >= 15 is 0 Å². The summed E-state index contributed by atoms with van der Waals surface area (Å²) in [6.07, 6.45) is 5.08. The van der Waals surface area contributed by atoms with Gasteiger partial charge in [-0.05, 0) is 19.4 Å². The van der Waals surface area contributed by atoms with Crippen LogP contribution in [-0.2, 0) is 9.84 Å². The minimum atomic E-state index is -2.74. The van der Waals surface area contributed by atoms with E-state index < -0.39 is 9.84 Å². The lowest BCUT2D eigenvalue weighted by Gasteiger charge is -1.97. The van der Waals surface area contributed by atoms with Crippen LogP contribution in [0.1, 0.15) is 25.7 Å². The van der Waals surface area contributed by atoms with Gasteiger partial charge in [0.15, 0.2) is 0 Å². The Morgan fingerprint density at radius 3 is 2.09 bits per heavy atom. The van der Waals surface area contributed by atoms with Crippen molar-refractivity contribution in [2.75, 3.05) is 18.6 Å². The Morgan fingerprint density at radius 2 is 1.64 bits per heavy atom. The smallest absolute Gasteiger partial charge is 0.147 e. The SMILES string of the molecule is CS(=O)(=O)CCCCCCN. The molecule has 68 valence electrons. The van der Waals surface area contributed by atoms with Crippen LogP contribution < -0.4 is 5.73 Å². The molecule has 0 saturated heterocycles. The van der Waals surface area contributed by atoms with Crippen molar-refractivity contribution in [2.45, 2.75) is 25.7 Å². The highest BCUT2D eigenvalue weighted by molar-refractivity contribution is 7.90. The summed E-state index contributed by atoms with van der Waals surface area (Å²) in [4.78, 5) is 0. The van der Waals surface area contributed by atoms with Crippen LogP contribution in [0.3, 0.4) is 0 Å². The van der Waals surface area contributed by atoms with Crippen LogP contribution in [0, 0.1) is 0 Å². The number of nitrogens with two attached hydrogens (primary N) is 1. The predicted molar refractivity (Wildman–Crippen MR) is 47.2 cm³/mol. The van der Waals surface area contributed by atoms with Gasteiger partial charge in [-0.3, -0.25) is 0 Å². The Balaban J connectivity index is 3.16. The van der Waals surface area contributed by atoms with Crippen LogP contribution >= 0.6 is 0 Å². The van der Waals surface area contributed by atoms with Gasteiger partial charge >= 0.3 is 0 Å². The molecule has 0 aromatic carbocycles. The molecular formula is C7H17NO2S. The van der Waals surface area contributed by atoms with E-state index in [4.69, 9.17) is 5.73 Å². The zero-order chi connectivity index (χ0) is 8.74. The largest absolute Gasteiger partial charge is 0.330 e. The van der Waals surface area contributed by atoms with Gasteiger partial charge in [-0.15, -0.1) is 0 Å². The van der Waals surface area contributed by atoms with Gasteiger partial charge in [-0.2, -0.15) is 0 Å². The van der Waals surface area contributed by atoms with Crippen molar-refractivity contribution >= 4 is 9.84 Å². The van der Waals surface area contributed by atoms with Crippen LogP contribution in [0.25, 0.3) is 0 Å². The second-order valence-electron chi connectivity index (χ2n) is 2.83. The van der Waals surface area contributed by atoms with E-state index in [2.05, 4.69) is 0 Å². The second kappa shape index (κ2) is 5.55. The first-order chi connectivity index (χ1) is 5.06. The normalized spacial score (nSPS) is 11.8. The lowest BCUT2D eigenvalue weighted by atomic mass is 10.2. The molecule has 0 bridgehead atoms. The molecule has 0 amide bonds. The summed E-state index contributed by atoms with van der Waals surface area (Å²) in [5.41, 5.74) is 5.28. The van der Waals surface area contributed by atoms with Crippen molar-refractivity contribution < 1.29 is 8.42 Å². The van der Waals surface area contributed by atoms with Crippen LogP contribution in [0.4, 0.5) is 0 Å². The van der Waals surface area contributed by atoms with Gasteiger partial charge in [0.1, 0.15) is 9.84 Å². The fourth-order valence-electron chi connectivity index (χ4n) is 0.862. The minimum absolute atomic E-state index is 0.317. The molecule has 0 aromatic rings. The molecule has 0 aliphatic heterocycles. The van der Waals surface area contributed by atoms with Gasteiger partial charge < -0.3 is 5.73 Å². The molecule has 4 heteroatoms. The summed E-state index contributed by atoms with van der Waals surface area (Å²) in [6.45, 7) is 0.707. The maximum atomic E-state index is 10.6. The Bertz CT molecular complexity index is 175. The highest BCUT2D eigenvalue weighted by Crippen LogP contribution is 2.00. The molecule has 0 aliphatic rings. The number of rotatable bonds is 6. The van der Waals surface area contributed by atoms with Crippen LogP contribution in [0.2, 0.25) is 0 Å². The molecule has 2 N–H and O–H groups in total. The molecule has 3 nitrogen and oxygen atoms in total. The Morgan fingerprint density at radius 1 is 1.09 bits per heavy atom. The van der Waals surface area contributed by atoms with Gasteiger partial charge in [0, 0.05) is 12.0 Å². The topological polar surface area (TPSA) is 60.2 Å². The first-order valence-corrected chi connectivity index (χ1v) is 6.00. The highest BCUT2D eigenvalue weighted by atomic mass is 32.2. The molecule has 0 saturated carbocycles. The summed E-state index contributed by atoms with van der Waals surface area (Å²) in [5, 5.41) is 0. The fraction of sp³-hybridized carbons (Fsp3) is 1.00. The summed E-state index contributed by atoms with van der Waals surface area (Å²) < 4.78 is 21.3. The Kier molecular flexibility index (Phi) is 5.50. The van der Waals surface area contributed by atoms with Crippen molar-refractivity contribution in [3.05, 3.63) is 0 Å². The standard InChI is InChI=1S/C7H17NO2S/c1-11(9,10)7-5-3-2-4-6-8/h2-8H2,1H3. The van der Waals surface area contributed by atoms with Gasteiger partial charge in [0.25, 0.3) is 0 Å². The molecule has 0 atom stereocenters. The number of hydrogen-bond acceptors (Lipinski definition) is 3. The fourth-order valence-corrected chi connectivity index (χ4v) is 1.59. The number of unbranched alkanes of at least 4 members (excludes halogenated alkanes) is 3. The zero-order valence-electron chi connectivity index (χ0n) is 7.04. The summed E-state index contributed by atoms with van der Waals surface area (Å²) in [6, 6.07) is 0. The summed E-state index contributed by atoms with van der Waals surface area (Å²) in [5.74, 6) is 0.317. The number of hydrogen-bond donors (Lipinski definition) is 1. The zero-order valence-corrected chi connectivity index (χ0v) is 7.86. The lowest BCUT2D eigenvalue weighted by molar-refractivity contribution is 0.593. The van der Waals surface area contributed by atoms with Gasteiger partial charge in [-0.25, -0.2) is 8.42 Å². The molecule has 0 spiro atoms. The van der Waals surface area contributed by atoms with Crippen molar-refractivity contribution in [2.24, 2.45) is 5.73 Å². The molecule has 0 aliphatic carbocycles. The molecule has 0 radical (unpaired) electrons. The third kappa shape index (κ3) is 9.91. The second-order valence-corrected chi connectivity index (χ2v) is 5.09. The van der Waals surface area contributed by atoms with Crippen LogP contribution in [0.5, 0.6) is 0 Å². The maximum Gasteiger partial charge on any atom is 0.147 e. The van der Waals surface area contributed by atoms with Crippen molar-refractivity contribution in [3.8, 4) is 0 Å². The van der Waals surface area contributed by atoms with E-state index in [-0.39, 0.29) is 0 Å². The molecule has 0 unspecified atom stereocenters. The Labute approximate surface area is 68.9 Å². The molecule has 0 rings (SSSR count). The molecule has 11 heavy (non-hydrogen) atoms. The van der Waals surface area contributed by atoms with E-state index in [0.717, 1.165) is 25.7 Å². The maximum absolute atomic E-state index is 10.6.